The van der Waals surface area contributed by atoms with Gasteiger partial charge in [0.15, 0.2) is 0 Å². The van der Waals surface area contributed by atoms with E-state index in [1.165, 1.54) is 29.7 Å². The maximum absolute atomic E-state index is 13.3. The average molecular weight is 527 g/mol. The third-order valence-corrected chi connectivity index (χ3v) is 6.31. The summed E-state index contributed by atoms with van der Waals surface area (Å²) in [6.07, 6.45) is 0.218. The molecule has 0 fully saturated rings. The molecule has 10 heteroatoms. The number of nitrogens with one attached hydrogen (secondary N) is 2. The highest BCUT2D eigenvalue weighted by Gasteiger charge is 2.19. The van der Waals surface area contributed by atoms with Crippen LogP contribution in [0.3, 0.4) is 0 Å². The Balaban J connectivity index is 1.69. The van der Waals surface area contributed by atoms with Crippen LogP contribution in [-0.4, -0.2) is 58.4 Å². The summed E-state index contributed by atoms with van der Waals surface area (Å²) in [6, 6.07) is 12.9. The molecule has 0 bridgehead atoms. The van der Waals surface area contributed by atoms with Crippen molar-refractivity contribution in [3.63, 3.8) is 0 Å². The Bertz CT molecular complexity index is 1250. The van der Waals surface area contributed by atoms with E-state index < -0.39 is 23.9 Å². The first-order valence-corrected chi connectivity index (χ1v) is 12.7. The number of hydrazone groups is 1. The van der Waals surface area contributed by atoms with Crippen LogP contribution in [-0.2, 0) is 6.54 Å². The summed E-state index contributed by atoms with van der Waals surface area (Å²) in [5.74, 6) is -1.28. The maximum atomic E-state index is 13.3. The number of hydrogen-bond donors (Lipinski definition) is 4. The molecule has 0 aliphatic carbocycles. The van der Waals surface area contributed by atoms with Gasteiger partial charge in [0.25, 0.3) is 11.8 Å². The zero-order valence-corrected chi connectivity index (χ0v) is 21.8. The monoisotopic (exact) mass is 526 g/mol. The molecule has 1 aromatic heterocycles. The number of halogens is 1. The quantitative estimate of drug-likeness (QED) is 0.224. The lowest BCUT2D eigenvalue weighted by Gasteiger charge is -2.25. The van der Waals surface area contributed by atoms with E-state index in [-0.39, 0.29) is 5.91 Å². The van der Waals surface area contributed by atoms with Gasteiger partial charge in [-0.25, -0.2) is 9.82 Å². The van der Waals surface area contributed by atoms with Crippen LogP contribution >= 0.6 is 11.3 Å². The van der Waals surface area contributed by atoms with E-state index in [4.69, 9.17) is 0 Å². The number of benzene rings is 2. The van der Waals surface area contributed by atoms with Crippen LogP contribution in [0.15, 0.2) is 59.0 Å². The van der Waals surface area contributed by atoms with Crippen molar-refractivity contribution in [2.24, 2.45) is 5.10 Å². The van der Waals surface area contributed by atoms with Gasteiger partial charge in [-0.2, -0.15) is 5.10 Å². The predicted molar refractivity (Wildman–Crippen MR) is 144 cm³/mol. The Morgan fingerprint density at radius 1 is 1.08 bits per heavy atom. The lowest BCUT2D eigenvalue weighted by atomic mass is 10.1. The normalized spacial score (nSPS) is 13.1. The maximum Gasteiger partial charge on any atom is 0.274 e. The first kappa shape index (κ1) is 28.1. The number of anilines is 1. The molecule has 3 rings (SSSR count). The third-order valence-electron chi connectivity index (χ3n) is 5.30. The predicted octanol–water partition coefficient (Wildman–Crippen LogP) is 3.78. The lowest BCUT2D eigenvalue weighted by Crippen LogP contribution is -2.35. The lowest BCUT2D eigenvalue weighted by molar-refractivity contribution is 0.0793. The minimum Gasteiger partial charge on any atom is -0.392 e. The van der Waals surface area contributed by atoms with Crippen molar-refractivity contribution in [2.75, 3.05) is 18.4 Å². The molecule has 196 valence electrons. The second-order valence-electron chi connectivity index (χ2n) is 8.92. The molecule has 0 aliphatic rings. The van der Waals surface area contributed by atoms with Gasteiger partial charge in [0.1, 0.15) is 10.8 Å². The Labute approximate surface area is 219 Å². The molecule has 0 saturated carbocycles. The molecule has 4 N–H and O–H groups in total. The number of amides is 2. The number of carbonyl (C=O) groups excluding carboxylic acids is 2. The van der Waals surface area contributed by atoms with Crippen molar-refractivity contribution < 1.29 is 24.2 Å². The number of hydrogen-bond acceptors (Lipinski definition) is 7. The van der Waals surface area contributed by atoms with Gasteiger partial charge in [-0.05, 0) is 67.1 Å². The van der Waals surface area contributed by atoms with Crippen molar-refractivity contribution in [3.8, 4) is 0 Å². The summed E-state index contributed by atoms with van der Waals surface area (Å²) in [5.41, 5.74) is 5.16. The molecule has 37 heavy (non-hydrogen) atoms. The van der Waals surface area contributed by atoms with Gasteiger partial charge in [-0.15, -0.1) is 11.3 Å². The minimum atomic E-state index is -0.560. The van der Waals surface area contributed by atoms with E-state index in [2.05, 4.69) is 15.8 Å². The molecule has 2 unspecified atom stereocenters. The van der Waals surface area contributed by atoms with Crippen LogP contribution < -0.4 is 10.7 Å². The molecule has 2 aromatic carbocycles. The molecule has 1 heterocycles. The molecule has 2 amide bonds. The fourth-order valence-corrected chi connectivity index (χ4v) is 4.76. The standard InChI is InChI=1S/C27H31FN4O4S/c1-17-16-37-27(24(17)26(36)31-29-12-20-6-5-9-23(28)11-20)30-25(35)22-8-4-7-21(10-22)15-32(13-18(2)33)14-19(3)34/h4-12,16,18-19,33-34H,13-15H2,1-3H3,(H,30,35)(H,31,36). The van der Waals surface area contributed by atoms with Crippen LogP contribution in [0, 0.1) is 12.7 Å². The van der Waals surface area contributed by atoms with E-state index in [9.17, 15) is 24.2 Å². The van der Waals surface area contributed by atoms with E-state index in [1.54, 1.807) is 56.5 Å². The fourth-order valence-electron chi connectivity index (χ4n) is 3.82. The van der Waals surface area contributed by atoms with Gasteiger partial charge in [0, 0.05) is 25.2 Å². The fraction of sp³-hybridized carbons (Fsp3) is 0.296. The van der Waals surface area contributed by atoms with E-state index in [1.807, 2.05) is 11.0 Å². The Hall–Kier alpha value is -3.44. The van der Waals surface area contributed by atoms with Crippen LogP contribution in [0.1, 0.15) is 51.3 Å². The second kappa shape index (κ2) is 13.2. The highest BCUT2D eigenvalue weighted by Crippen LogP contribution is 2.28. The van der Waals surface area contributed by atoms with E-state index >= 15 is 0 Å². The van der Waals surface area contributed by atoms with Crippen LogP contribution in [0.2, 0.25) is 0 Å². The van der Waals surface area contributed by atoms with Gasteiger partial charge >= 0.3 is 0 Å². The number of rotatable bonds is 11. The van der Waals surface area contributed by atoms with Crippen molar-refractivity contribution in [3.05, 3.63) is 87.5 Å². The highest BCUT2D eigenvalue weighted by atomic mass is 32.1. The number of thiophene rings is 1. The summed E-state index contributed by atoms with van der Waals surface area (Å²) >= 11 is 1.23. The van der Waals surface area contributed by atoms with E-state index in [0.29, 0.717) is 46.9 Å². The van der Waals surface area contributed by atoms with Gasteiger partial charge in [0.05, 0.1) is 24.0 Å². The van der Waals surface area contributed by atoms with Crippen molar-refractivity contribution in [1.29, 1.82) is 0 Å². The molecular formula is C27H31FN4O4S. The van der Waals surface area contributed by atoms with Crippen LogP contribution in [0.5, 0.6) is 0 Å². The number of aliphatic hydroxyl groups excluding tert-OH is 2. The number of aryl methyl sites for hydroxylation is 1. The van der Waals surface area contributed by atoms with Gasteiger partial charge in [0.2, 0.25) is 0 Å². The molecule has 0 spiro atoms. The molecule has 8 nitrogen and oxygen atoms in total. The summed E-state index contributed by atoms with van der Waals surface area (Å²) in [7, 11) is 0. The molecule has 0 radical (unpaired) electrons. The Kier molecular flexibility index (Phi) is 10.0. The van der Waals surface area contributed by atoms with Crippen LogP contribution in [0.25, 0.3) is 0 Å². The number of carbonyl (C=O) groups is 2. The van der Waals surface area contributed by atoms with Crippen molar-refractivity contribution in [2.45, 2.75) is 39.5 Å². The number of aliphatic hydroxyl groups is 2. The zero-order chi connectivity index (χ0) is 26.9. The Morgan fingerprint density at radius 3 is 2.46 bits per heavy atom. The molecule has 0 aliphatic heterocycles. The molecule has 0 saturated heterocycles. The molecule has 3 aromatic rings. The van der Waals surface area contributed by atoms with Crippen molar-refractivity contribution in [1.82, 2.24) is 10.3 Å². The van der Waals surface area contributed by atoms with Crippen LogP contribution in [0.4, 0.5) is 9.39 Å². The van der Waals surface area contributed by atoms with Gasteiger partial charge in [-0.1, -0.05) is 24.3 Å². The summed E-state index contributed by atoms with van der Waals surface area (Å²) < 4.78 is 13.3. The van der Waals surface area contributed by atoms with Gasteiger partial charge < -0.3 is 15.5 Å². The van der Waals surface area contributed by atoms with Gasteiger partial charge in [-0.3, -0.25) is 14.5 Å². The first-order valence-electron chi connectivity index (χ1n) is 11.8. The van der Waals surface area contributed by atoms with E-state index in [0.717, 1.165) is 5.56 Å². The largest absolute Gasteiger partial charge is 0.392 e. The number of nitrogens with zero attached hydrogens (tertiary/aromatic N) is 2. The summed E-state index contributed by atoms with van der Waals surface area (Å²) in [4.78, 5) is 27.7. The molecule has 2 atom stereocenters. The molecular weight excluding hydrogens is 495 g/mol. The third kappa shape index (κ3) is 8.57. The topological polar surface area (TPSA) is 114 Å². The average Bonchev–Trinajstić information content (AvgIpc) is 3.18. The summed E-state index contributed by atoms with van der Waals surface area (Å²) in [6.45, 7) is 6.35. The second-order valence-corrected chi connectivity index (χ2v) is 9.80. The summed E-state index contributed by atoms with van der Waals surface area (Å²) in [5, 5.41) is 28.4. The first-order chi connectivity index (χ1) is 17.6. The SMILES string of the molecule is Cc1csc(NC(=O)c2cccc(CN(CC(C)O)CC(C)O)c2)c1C(=O)NN=Cc1cccc(F)c1. The van der Waals surface area contributed by atoms with Crippen molar-refractivity contribution >= 4 is 34.4 Å². The zero-order valence-electron chi connectivity index (χ0n) is 20.9. The highest BCUT2D eigenvalue weighted by molar-refractivity contribution is 7.15. The smallest absolute Gasteiger partial charge is 0.274 e. The minimum absolute atomic E-state index is 0.297. The Morgan fingerprint density at radius 2 is 1.78 bits per heavy atom.